The number of unbranched alkanes of at least 4 members (excludes halogenated alkanes) is 1. The van der Waals surface area contributed by atoms with Gasteiger partial charge in [-0.2, -0.15) is 0 Å². The molecular weight excluding hydrogens is 166 g/mol. The van der Waals surface area contributed by atoms with Gasteiger partial charge in [-0.1, -0.05) is 13.3 Å². The second kappa shape index (κ2) is 5.22. The molecule has 1 heterocycles. The van der Waals surface area contributed by atoms with Crippen molar-refractivity contribution in [2.45, 2.75) is 32.6 Å². The normalized spacial score (nSPS) is 22.3. The fourth-order valence-corrected chi connectivity index (χ4v) is 1.69. The number of aliphatic hydroxyl groups is 1. The number of rotatable bonds is 4. The average Bonchev–Trinajstić information content (AvgIpc) is 2.62. The zero-order valence-electron chi connectivity index (χ0n) is 8.33. The van der Waals surface area contributed by atoms with Crippen LogP contribution in [0.3, 0.4) is 0 Å². The van der Waals surface area contributed by atoms with Crippen molar-refractivity contribution in [1.82, 2.24) is 4.90 Å². The van der Waals surface area contributed by atoms with E-state index in [4.69, 9.17) is 5.11 Å². The Balaban J connectivity index is 2.25. The van der Waals surface area contributed by atoms with E-state index in [1.54, 1.807) is 0 Å². The highest BCUT2D eigenvalue weighted by Gasteiger charge is 2.24. The summed E-state index contributed by atoms with van der Waals surface area (Å²) in [6, 6.07) is 0. The lowest BCUT2D eigenvalue weighted by Gasteiger charge is -2.15. The Morgan fingerprint density at radius 3 is 2.92 bits per heavy atom. The van der Waals surface area contributed by atoms with Crippen LogP contribution in [0, 0.1) is 5.92 Å². The van der Waals surface area contributed by atoms with Gasteiger partial charge in [0.15, 0.2) is 0 Å². The standard InChI is InChI=1S/C10H19NO2/c1-2-3-4-10(13)11-6-5-9(7-11)8-12/h9,12H,2-8H2,1H3/t9-/m1/s1. The Hall–Kier alpha value is -0.570. The Labute approximate surface area is 79.7 Å². The van der Waals surface area contributed by atoms with E-state index in [1.807, 2.05) is 4.90 Å². The summed E-state index contributed by atoms with van der Waals surface area (Å²) in [5.74, 6) is 0.586. The first kappa shape index (κ1) is 10.5. The Bertz CT molecular complexity index is 170. The number of amides is 1. The third kappa shape index (κ3) is 2.99. The fourth-order valence-electron chi connectivity index (χ4n) is 1.69. The van der Waals surface area contributed by atoms with E-state index in [-0.39, 0.29) is 12.5 Å². The summed E-state index contributed by atoms with van der Waals surface area (Å²) in [6.07, 6.45) is 3.70. The van der Waals surface area contributed by atoms with Crippen molar-refractivity contribution in [2.75, 3.05) is 19.7 Å². The number of aliphatic hydroxyl groups excluding tert-OH is 1. The van der Waals surface area contributed by atoms with Crippen molar-refractivity contribution in [3.8, 4) is 0 Å². The maximum atomic E-state index is 11.5. The number of carbonyl (C=O) groups is 1. The molecule has 0 aliphatic carbocycles. The smallest absolute Gasteiger partial charge is 0.222 e. The second-order valence-electron chi connectivity index (χ2n) is 3.78. The van der Waals surface area contributed by atoms with Crippen LogP contribution in [0.1, 0.15) is 32.6 Å². The van der Waals surface area contributed by atoms with Crippen LogP contribution in [-0.4, -0.2) is 35.6 Å². The second-order valence-corrected chi connectivity index (χ2v) is 3.78. The Morgan fingerprint density at radius 1 is 1.62 bits per heavy atom. The summed E-state index contributed by atoms with van der Waals surface area (Å²) in [7, 11) is 0. The van der Waals surface area contributed by atoms with Crippen LogP contribution in [0.4, 0.5) is 0 Å². The number of nitrogens with zero attached hydrogens (tertiary/aromatic N) is 1. The van der Waals surface area contributed by atoms with Gasteiger partial charge in [0, 0.05) is 32.0 Å². The van der Waals surface area contributed by atoms with E-state index in [0.29, 0.717) is 12.3 Å². The van der Waals surface area contributed by atoms with Gasteiger partial charge in [0.1, 0.15) is 0 Å². The van der Waals surface area contributed by atoms with Crippen LogP contribution in [0.2, 0.25) is 0 Å². The largest absolute Gasteiger partial charge is 0.396 e. The highest BCUT2D eigenvalue weighted by atomic mass is 16.3. The molecule has 1 atom stereocenters. The molecule has 1 aliphatic rings. The third-order valence-corrected chi connectivity index (χ3v) is 2.64. The van der Waals surface area contributed by atoms with Crippen LogP contribution in [0.25, 0.3) is 0 Å². The van der Waals surface area contributed by atoms with E-state index >= 15 is 0 Å². The molecule has 0 unspecified atom stereocenters. The summed E-state index contributed by atoms with van der Waals surface area (Å²) in [4.78, 5) is 13.4. The topological polar surface area (TPSA) is 40.5 Å². The summed E-state index contributed by atoms with van der Waals surface area (Å²) >= 11 is 0. The Morgan fingerprint density at radius 2 is 2.38 bits per heavy atom. The lowest BCUT2D eigenvalue weighted by molar-refractivity contribution is -0.130. The van der Waals surface area contributed by atoms with Gasteiger partial charge in [0.05, 0.1) is 0 Å². The van der Waals surface area contributed by atoms with E-state index in [0.717, 1.165) is 32.4 Å². The van der Waals surface area contributed by atoms with Gasteiger partial charge in [-0.05, 0) is 12.8 Å². The predicted molar refractivity (Wildman–Crippen MR) is 51.3 cm³/mol. The summed E-state index contributed by atoms with van der Waals surface area (Å²) < 4.78 is 0. The summed E-state index contributed by atoms with van der Waals surface area (Å²) in [5, 5.41) is 8.90. The number of hydrogen-bond donors (Lipinski definition) is 1. The van der Waals surface area contributed by atoms with Crippen LogP contribution in [0.5, 0.6) is 0 Å². The van der Waals surface area contributed by atoms with Gasteiger partial charge < -0.3 is 10.0 Å². The van der Waals surface area contributed by atoms with Gasteiger partial charge in [-0.3, -0.25) is 4.79 Å². The van der Waals surface area contributed by atoms with Crippen molar-refractivity contribution in [3.05, 3.63) is 0 Å². The molecule has 3 nitrogen and oxygen atoms in total. The summed E-state index contributed by atoms with van der Waals surface area (Å²) in [5.41, 5.74) is 0. The summed E-state index contributed by atoms with van der Waals surface area (Å²) in [6.45, 7) is 3.91. The van der Waals surface area contributed by atoms with E-state index < -0.39 is 0 Å². The van der Waals surface area contributed by atoms with Crippen molar-refractivity contribution in [3.63, 3.8) is 0 Å². The first-order chi connectivity index (χ1) is 6.27. The van der Waals surface area contributed by atoms with Crippen molar-refractivity contribution in [1.29, 1.82) is 0 Å². The quantitative estimate of drug-likeness (QED) is 0.710. The minimum atomic E-state index is 0.220. The molecule has 1 N–H and O–H groups in total. The zero-order chi connectivity index (χ0) is 9.68. The molecule has 1 fully saturated rings. The molecule has 0 saturated carbocycles. The van der Waals surface area contributed by atoms with E-state index in [9.17, 15) is 4.79 Å². The van der Waals surface area contributed by atoms with Crippen LogP contribution in [0.15, 0.2) is 0 Å². The minimum Gasteiger partial charge on any atom is -0.396 e. The molecule has 76 valence electrons. The molecule has 0 aromatic heterocycles. The van der Waals surface area contributed by atoms with Gasteiger partial charge in [0.25, 0.3) is 0 Å². The zero-order valence-corrected chi connectivity index (χ0v) is 8.33. The highest BCUT2D eigenvalue weighted by Crippen LogP contribution is 2.16. The molecule has 13 heavy (non-hydrogen) atoms. The monoisotopic (exact) mass is 185 g/mol. The first-order valence-electron chi connectivity index (χ1n) is 5.16. The maximum Gasteiger partial charge on any atom is 0.222 e. The average molecular weight is 185 g/mol. The molecule has 1 amide bonds. The Kier molecular flexibility index (Phi) is 4.22. The SMILES string of the molecule is CCCCC(=O)N1CC[C@@H](CO)C1. The minimum absolute atomic E-state index is 0.220. The first-order valence-corrected chi connectivity index (χ1v) is 5.16. The lowest BCUT2D eigenvalue weighted by atomic mass is 10.1. The molecule has 0 bridgehead atoms. The van der Waals surface area contributed by atoms with Gasteiger partial charge in [0.2, 0.25) is 5.91 Å². The maximum absolute atomic E-state index is 11.5. The van der Waals surface area contributed by atoms with E-state index in [1.165, 1.54) is 0 Å². The molecule has 0 radical (unpaired) electrons. The van der Waals surface area contributed by atoms with Crippen molar-refractivity contribution >= 4 is 5.91 Å². The van der Waals surface area contributed by atoms with Gasteiger partial charge >= 0.3 is 0 Å². The molecule has 3 heteroatoms. The number of hydrogen-bond acceptors (Lipinski definition) is 2. The lowest BCUT2D eigenvalue weighted by Crippen LogP contribution is -2.28. The number of likely N-dealkylation sites (tertiary alicyclic amines) is 1. The molecule has 0 aromatic carbocycles. The van der Waals surface area contributed by atoms with Crippen LogP contribution < -0.4 is 0 Å². The molecule has 1 rings (SSSR count). The third-order valence-electron chi connectivity index (χ3n) is 2.64. The van der Waals surface area contributed by atoms with Crippen LogP contribution in [-0.2, 0) is 4.79 Å². The predicted octanol–water partition coefficient (Wildman–Crippen LogP) is 1.02. The van der Waals surface area contributed by atoms with Crippen molar-refractivity contribution < 1.29 is 9.90 Å². The highest BCUT2D eigenvalue weighted by molar-refractivity contribution is 5.76. The molecule has 1 saturated heterocycles. The van der Waals surface area contributed by atoms with Gasteiger partial charge in [-0.25, -0.2) is 0 Å². The van der Waals surface area contributed by atoms with Crippen LogP contribution >= 0.6 is 0 Å². The fraction of sp³-hybridized carbons (Fsp3) is 0.900. The number of carbonyl (C=O) groups excluding carboxylic acids is 1. The van der Waals surface area contributed by atoms with E-state index in [2.05, 4.69) is 6.92 Å². The molecule has 1 aliphatic heterocycles. The molecule has 0 aromatic rings. The van der Waals surface area contributed by atoms with Gasteiger partial charge in [-0.15, -0.1) is 0 Å². The van der Waals surface area contributed by atoms with Crippen molar-refractivity contribution in [2.24, 2.45) is 5.92 Å². The molecular formula is C10H19NO2. The molecule has 0 spiro atoms.